The molecular formula is C21H17F2N4OS+. The molecule has 0 fully saturated rings. The Labute approximate surface area is 169 Å². The standard InChI is InChI=1S/C21H16F2N4OS/c22-12-8-11(9-13(23)10-12)19-18-15(5-3-6-16(18)28)24-20(26-19)27-21-25-14-4-1-2-7-17(14)29-21/h1-2,4-5,7-10,18-19H,3,6H2,(H2,24,25,26,27)/p+1. The number of rotatable bonds is 2. The van der Waals surface area contributed by atoms with E-state index in [2.05, 4.69) is 20.6 Å². The number of carbonyl (C=O) groups excluding carboxylic acids is 1. The van der Waals surface area contributed by atoms with Crippen LogP contribution < -0.4 is 15.6 Å². The third-order valence-electron chi connectivity index (χ3n) is 5.11. The number of fused-ring (bicyclic) bond motifs is 2. The maximum Gasteiger partial charge on any atom is 0.355 e. The largest absolute Gasteiger partial charge is 0.355 e. The highest BCUT2D eigenvalue weighted by Gasteiger charge is 2.41. The fourth-order valence-electron chi connectivity index (χ4n) is 3.87. The second-order valence-corrected chi connectivity index (χ2v) is 8.11. The summed E-state index contributed by atoms with van der Waals surface area (Å²) in [7, 11) is 0. The van der Waals surface area contributed by atoms with Crippen molar-refractivity contribution in [2.75, 3.05) is 5.32 Å². The molecule has 0 spiro atoms. The van der Waals surface area contributed by atoms with Crippen LogP contribution in [0.4, 0.5) is 13.9 Å². The molecule has 0 amide bonds. The van der Waals surface area contributed by atoms with E-state index in [0.717, 1.165) is 22.0 Å². The molecule has 0 saturated heterocycles. The van der Waals surface area contributed by atoms with Gasteiger partial charge in [0, 0.05) is 12.5 Å². The van der Waals surface area contributed by atoms with Gasteiger partial charge in [-0.1, -0.05) is 23.5 Å². The van der Waals surface area contributed by atoms with Crippen molar-refractivity contribution in [2.24, 2.45) is 5.92 Å². The van der Waals surface area contributed by atoms with Gasteiger partial charge in [0.2, 0.25) is 0 Å². The molecule has 0 bridgehead atoms. The Morgan fingerprint density at radius 3 is 2.76 bits per heavy atom. The molecule has 3 aromatic rings. The van der Waals surface area contributed by atoms with E-state index in [1.807, 2.05) is 30.3 Å². The molecule has 2 aromatic carbocycles. The molecule has 2 aliphatic rings. The molecule has 2 heterocycles. The first kappa shape index (κ1) is 17.9. The van der Waals surface area contributed by atoms with Gasteiger partial charge >= 0.3 is 5.96 Å². The fraction of sp³-hybridized carbons (Fsp3) is 0.190. The highest BCUT2D eigenvalue weighted by Crippen LogP contribution is 2.32. The molecule has 2 unspecified atom stereocenters. The molecular weight excluding hydrogens is 394 g/mol. The Balaban J connectivity index is 1.55. The summed E-state index contributed by atoms with van der Waals surface area (Å²) in [6.07, 6.45) is 3.01. The van der Waals surface area contributed by atoms with Crippen molar-refractivity contribution < 1.29 is 18.6 Å². The van der Waals surface area contributed by atoms with Gasteiger partial charge in [-0.25, -0.2) is 24.4 Å². The molecule has 3 N–H and O–H groups in total. The number of hydrogen-bond acceptors (Lipinski definition) is 5. The molecule has 29 heavy (non-hydrogen) atoms. The number of aromatic nitrogens is 1. The first-order chi connectivity index (χ1) is 14.1. The zero-order valence-electron chi connectivity index (χ0n) is 15.2. The van der Waals surface area contributed by atoms with E-state index in [4.69, 9.17) is 0 Å². The normalized spacial score (nSPS) is 21.2. The number of thiazole rings is 1. The number of anilines is 1. The van der Waals surface area contributed by atoms with Crippen LogP contribution in [0, 0.1) is 17.6 Å². The predicted octanol–water partition coefficient (Wildman–Crippen LogP) is 2.63. The number of carbonyl (C=O) groups is 1. The van der Waals surface area contributed by atoms with Gasteiger partial charge in [-0.05, 0) is 42.3 Å². The van der Waals surface area contributed by atoms with E-state index in [1.165, 1.54) is 23.5 Å². The molecule has 1 aliphatic heterocycles. The number of ketones is 1. The maximum atomic E-state index is 13.9. The zero-order chi connectivity index (χ0) is 20.0. The van der Waals surface area contributed by atoms with Crippen molar-refractivity contribution in [2.45, 2.75) is 18.9 Å². The molecule has 146 valence electrons. The minimum absolute atomic E-state index is 0.0382. The summed E-state index contributed by atoms with van der Waals surface area (Å²) in [6.45, 7) is 0. The quantitative estimate of drug-likeness (QED) is 0.607. The van der Waals surface area contributed by atoms with Crippen LogP contribution in [0.25, 0.3) is 10.2 Å². The van der Waals surface area contributed by atoms with Crippen LogP contribution in [0.3, 0.4) is 0 Å². The van der Waals surface area contributed by atoms with Gasteiger partial charge in [0.15, 0.2) is 0 Å². The predicted molar refractivity (Wildman–Crippen MR) is 107 cm³/mol. The molecule has 5 nitrogen and oxygen atoms in total. The lowest BCUT2D eigenvalue weighted by atomic mass is 9.81. The summed E-state index contributed by atoms with van der Waals surface area (Å²) in [4.78, 5) is 20.4. The van der Waals surface area contributed by atoms with Gasteiger partial charge in [-0.3, -0.25) is 9.79 Å². The van der Waals surface area contributed by atoms with E-state index < -0.39 is 23.6 Å². The molecule has 0 saturated carbocycles. The lowest BCUT2D eigenvalue weighted by Crippen LogP contribution is -2.84. The van der Waals surface area contributed by atoms with Crippen LogP contribution in [0.2, 0.25) is 0 Å². The minimum atomic E-state index is -0.671. The molecule has 2 atom stereocenters. The number of halogens is 2. The first-order valence-corrected chi connectivity index (χ1v) is 10.1. The topological polar surface area (TPSA) is 68.0 Å². The first-order valence-electron chi connectivity index (χ1n) is 9.29. The van der Waals surface area contributed by atoms with E-state index in [1.54, 1.807) is 0 Å². The number of nitrogens with zero attached hydrogens (tertiary/aromatic N) is 1. The molecule has 1 aliphatic carbocycles. The number of allylic oxidation sites excluding steroid dienone is 1. The Bertz CT molecular complexity index is 1130. The van der Waals surface area contributed by atoms with Gasteiger partial charge in [0.1, 0.15) is 29.4 Å². The van der Waals surface area contributed by atoms with Crippen molar-refractivity contribution in [3.8, 4) is 0 Å². The number of Topliss-reactive ketones (excluding diaryl/α,β-unsaturated/α-hetero) is 1. The Hall–Kier alpha value is -3.13. The second-order valence-electron chi connectivity index (χ2n) is 7.08. The van der Waals surface area contributed by atoms with Crippen molar-refractivity contribution in [3.05, 3.63) is 71.4 Å². The lowest BCUT2D eigenvalue weighted by molar-refractivity contribution is -0.522. The monoisotopic (exact) mass is 411 g/mol. The van der Waals surface area contributed by atoms with Crippen molar-refractivity contribution in [1.29, 1.82) is 0 Å². The lowest BCUT2D eigenvalue weighted by Gasteiger charge is -2.30. The van der Waals surface area contributed by atoms with E-state index >= 15 is 0 Å². The van der Waals surface area contributed by atoms with E-state index in [9.17, 15) is 13.6 Å². The van der Waals surface area contributed by atoms with Crippen molar-refractivity contribution >= 4 is 38.4 Å². The summed E-state index contributed by atoms with van der Waals surface area (Å²) in [5.74, 6) is -1.30. The van der Waals surface area contributed by atoms with Gasteiger partial charge in [-0.15, -0.1) is 0 Å². The summed E-state index contributed by atoms with van der Waals surface area (Å²) in [5, 5.41) is 7.10. The Kier molecular flexibility index (Phi) is 4.35. The Morgan fingerprint density at radius 2 is 1.97 bits per heavy atom. The van der Waals surface area contributed by atoms with Gasteiger partial charge in [-0.2, -0.15) is 0 Å². The van der Waals surface area contributed by atoms with Gasteiger partial charge in [0.25, 0.3) is 5.13 Å². The number of guanidine groups is 1. The summed E-state index contributed by atoms with van der Waals surface area (Å²) in [6, 6.07) is 10.6. The summed E-state index contributed by atoms with van der Waals surface area (Å²) < 4.78 is 28.7. The average molecular weight is 411 g/mol. The third kappa shape index (κ3) is 3.40. The molecule has 5 rings (SSSR count). The average Bonchev–Trinajstić information content (AvgIpc) is 3.09. The smallest absolute Gasteiger partial charge is 0.299 e. The summed E-state index contributed by atoms with van der Waals surface area (Å²) in [5.41, 5.74) is 2.00. The number of nitrogens with one attached hydrogen (secondary N) is 3. The van der Waals surface area contributed by atoms with Crippen LogP contribution in [0.5, 0.6) is 0 Å². The number of para-hydroxylation sites is 1. The fourth-order valence-corrected chi connectivity index (χ4v) is 4.74. The summed E-state index contributed by atoms with van der Waals surface area (Å²) >= 11 is 1.49. The van der Waals surface area contributed by atoms with Crippen molar-refractivity contribution in [3.63, 3.8) is 0 Å². The van der Waals surface area contributed by atoms with Gasteiger partial charge < -0.3 is 0 Å². The maximum absolute atomic E-state index is 13.9. The third-order valence-corrected chi connectivity index (χ3v) is 6.06. The number of benzene rings is 2. The van der Waals surface area contributed by atoms with Crippen LogP contribution in [-0.2, 0) is 4.79 Å². The minimum Gasteiger partial charge on any atom is -0.299 e. The highest BCUT2D eigenvalue weighted by atomic mass is 32.1. The van der Waals surface area contributed by atoms with E-state index in [0.29, 0.717) is 29.5 Å². The van der Waals surface area contributed by atoms with Gasteiger partial charge in [0.05, 0.1) is 15.9 Å². The highest BCUT2D eigenvalue weighted by molar-refractivity contribution is 7.22. The number of hydrogen-bond donors (Lipinski definition) is 3. The molecule has 8 heteroatoms. The SMILES string of the molecule is O=C1CCC=C2NC(Nc3nc4ccccc4s3)=[NH+]C(c3cc(F)cc(F)c3)C12. The Morgan fingerprint density at radius 1 is 1.17 bits per heavy atom. The van der Waals surface area contributed by atoms with Crippen molar-refractivity contribution in [1.82, 2.24) is 10.3 Å². The second kappa shape index (κ2) is 7.04. The van der Waals surface area contributed by atoms with E-state index in [-0.39, 0.29) is 5.78 Å². The molecule has 0 radical (unpaired) electrons. The van der Waals surface area contributed by atoms with Crippen LogP contribution in [0.15, 0.2) is 54.2 Å². The zero-order valence-corrected chi connectivity index (χ0v) is 16.0. The molecule has 1 aromatic heterocycles. The van der Waals surface area contributed by atoms with Crippen LogP contribution in [0.1, 0.15) is 24.4 Å². The van der Waals surface area contributed by atoms with Crippen LogP contribution in [-0.4, -0.2) is 16.7 Å². The van der Waals surface area contributed by atoms with Crippen LogP contribution >= 0.6 is 11.3 Å².